The molecule has 1 atom stereocenters. The SMILES string of the molecule is FC(Cc1ccccc1)n1cccc1. The van der Waals surface area contributed by atoms with Crippen LogP contribution < -0.4 is 0 Å². The van der Waals surface area contributed by atoms with Gasteiger partial charge in [0.15, 0.2) is 6.30 Å². The molecule has 0 N–H and O–H groups in total. The van der Waals surface area contributed by atoms with Gasteiger partial charge in [-0.25, -0.2) is 4.39 Å². The van der Waals surface area contributed by atoms with Gasteiger partial charge in [0.05, 0.1) is 0 Å². The van der Waals surface area contributed by atoms with Crippen molar-refractivity contribution in [3.05, 3.63) is 60.4 Å². The lowest BCUT2D eigenvalue weighted by molar-refractivity contribution is 0.240. The molecule has 2 aromatic rings. The van der Waals surface area contributed by atoms with Gasteiger partial charge in [0, 0.05) is 18.8 Å². The molecule has 0 aliphatic carbocycles. The van der Waals surface area contributed by atoms with Crippen molar-refractivity contribution in [1.82, 2.24) is 4.57 Å². The van der Waals surface area contributed by atoms with Crippen molar-refractivity contribution < 1.29 is 4.39 Å². The Morgan fingerprint density at radius 1 is 1.00 bits per heavy atom. The maximum atomic E-state index is 13.6. The summed E-state index contributed by atoms with van der Waals surface area (Å²) in [4.78, 5) is 0. The topological polar surface area (TPSA) is 4.93 Å². The number of rotatable bonds is 3. The molecule has 2 rings (SSSR count). The van der Waals surface area contributed by atoms with Crippen LogP contribution in [0.4, 0.5) is 4.39 Å². The van der Waals surface area contributed by atoms with Crippen LogP contribution in [0.1, 0.15) is 11.9 Å². The second kappa shape index (κ2) is 4.09. The Labute approximate surface area is 82.8 Å². The Morgan fingerprint density at radius 3 is 2.29 bits per heavy atom. The molecule has 1 nitrogen and oxygen atoms in total. The summed E-state index contributed by atoms with van der Waals surface area (Å²) in [7, 11) is 0. The van der Waals surface area contributed by atoms with E-state index >= 15 is 0 Å². The third kappa shape index (κ3) is 2.02. The van der Waals surface area contributed by atoms with Gasteiger partial charge in [-0.05, 0) is 17.7 Å². The second-order valence-electron chi connectivity index (χ2n) is 3.25. The number of aromatic nitrogens is 1. The van der Waals surface area contributed by atoms with E-state index in [1.54, 1.807) is 17.0 Å². The summed E-state index contributed by atoms with van der Waals surface area (Å²) in [5.41, 5.74) is 1.02. The number of hydrogen-bond acceptors (Lipinski definition) is 0. The third-order valence-electron chi connectivity index (χ3n) is 2.20. The van der Waals surface area contributed by atoms with Gasteiger partial charge in [-0.3, -0.25) is 0 Å². The summed E-state index contributed by atoms with van der Waals surface area (Å²) >= 11 is 0. The zero-order chi connectivity index (χ0) is 9.80. The molecule has 0 radical (unpaired) electrons. The lowest BCUT2D eigenvalue weighted by Gasteiger charge is -2.09. The van der Waals surface area contributed by atoms with E-state index in [1.807, 2.05) is 42.5 Å². The zero-order valence-corrected chi connectivity index (χ0v) is 7.81. The van der Waals surface area contributed by atoms with Crippen LogP contribution in [-0.4, -0.2) is 4.57 Å². The molecular weight excluding hydrogens is 177 g/mol. The van der Waals surface area contributed by atoms with Crippen molar-refractivity contribution in [1.29, 1.82) is 0 Å². The first-order chi connectivity index (χ1) is 6.86. The van der Waals surface area contributed by atoms with Crippen molar-refractivity contribution in [2.45, 2.75) is 12.7 Å². The molecule has 0 amide bonds. The highest BCUT2D eigenvalue weighted by atomic mass is 19.1. The van der Waals surface area contributed by atoms with Crippen molar-refractivity contribution >= 4 is 0 Å². The van der Waals surface area contributed by atoms with Gasteiger partial charge in [-0.2, -0.15) is 0 Å². The summed E-state index contributed by atoms with van der Waals surface area (Å²) in [6, 6.07) is 13.3. The minimum absolute atomic E-state index is 0.426. The summed E-state index contributed by atoms with van der Waals surface area (Å²) < 4.78 is 15.2. The molecule has 0 aliphatic rings. The lowest BCUT2D eigenvalue weighted by Crippen LogP contribution is -2.03. The van der Waals surface area contributed by atoms with Gasteiger partial charge in [-0.1, -0.05) is 30.3 Å². The van der Waals surface area contributed by atoms with E-state index in [9.17, 15) is 4.39 Å². The van der Waals surface area contributed by atoms with E-state index in [0.717, 1.165) is 5.56 Å². The third-order valence-corrected chi connectivity index (χ3v) is 2.20. The fourth-order valence-electron chi connectivity index (χ4n) is 1.45. The maximum absolute atomic E-state index is 13.6. The van der Waals surface area contributed by atoms with Crippen molar-refractivity contribution in [3.8, 4) is 0 Å². The molecule has 0 saturated heterocycles. The van der Waals surface area contributed by atoms with E-state index in [-0.39, 0.29) is 0 Å². The number of benzene rings is 1. The van der Waals surface area contributed by atoms with Crippen LogP contribution in [0.3, 0.4) is 0 Å². The maximum Gasteiger partial charge on any atom is 0.179 e. The van der Waals surface area contributed by atoms with Crippen LogP contribution >= 0.6 is 0 Å². The first-order valence-electron chi connectivity index (χ1n) is 4.67. The number of hydrogen-bond donors (Lipinski definition) is 0. The number of alkyl halides is 1. The molecule has 72 valence electrons. The van der Waals surface area contributed by atoms with Gasteiger partial charge in [0.1, 0.15) is 0 Å². The monoisotopic (exact) mass is 189 g/mol. The molecule has 1 heterocycles. The average molecular weight is 189 g/mol. The second-order valence-corrected chi connectivity index (χ2v) is 3.25. The highest BCUT2D eigenvalue weighted by Gasteiger charge is 2.07. The van der Waals surface area contributed by atoms with Crippen LogP contribution in [0, 0.1) is 0 Å². The molecule has 1 aromatic carbocycles. The summed E-state index contributed by atoms with van der Waals surface area (Å²) in [6.45, 7) is 0. The highest BCUT2D eigenvalue weighted by Crippen LogP contribution is 2.15. The van der Waals surface area contributed by atoms with Crippen molar-refractivity contribution in [2.75, 3.05) is 0 Å². The van der Waals surface area contributed by atoms with E-state index in [4.69, 9.17) is 0 Å². The van der Waals surface area contributed by atoms with Crippen LogP contribution in [0.25, 0.3) is 0 Å². The van der Waals surface area contributed by atoms with Gasteiger partial charge >= 0.3 is 0 Å². The predicted octanol–water partition coefficient (Wildman–Crippen LogP) is 3.20. The summed E-state index contributed by atoms with van der Waals surface area (Å²) in [5.74, 6) is 0. The van der Waals surface area contributed by atoms with Gasteiger partial charge in [-0.15, -0.1) is 0 Å². The van der Waals surface area contributed by atoms with E-state index in [1.165, 1.54) is 0 Å². The lowest BCUT2D eigenvalue weighted by atomic mass is 10.1. The van der Waals surface area contributed by atoms with Gasteiger partial charge in [0.2, 0.25) is 0 Å². The zero-order valence-electron chi connectivity index (χ0n) is 7.81. The molecule has 0 spiro atoms. The Balaban J connectivity index is 2.06. The number of nitrogens with zero attached hydrogens (tertiary/aromatic N) is 1. The molecule has 1 aromatic heterocycles. The Hall–Kier alpha value is -1.57. The molecule has 0 bridgehead atoms. The standard InChI is InChI=1S/C12H12FN/c13-12(14-8-4-5-9-14)10-11-6-2-1-3-7-11/h1-9,12H,10H2. The first-order valence-corrected chi connectivity index (χ1v) is 4.67. The van der Waals surface area contributed by atoms with Gasteiger partial charge in [0.25, 0.3) is 0 Å². The minimum atomic E-state index is -0.965. The Kier molecular flexibility index (Phi) is 2.63. The van der Waals surface area contributed by atoms with Crippen LogP contribution in [-0.2, 0) is 6.42 Å². The average Bonchev–Trinajstić information content (AvgIpc) is 2.72. The number of halogens is 1. The Bertz CT molecular complexity index is 366. The van der Waals surface area contributed by atoms with E-state index in [2.05, 4.69) is 0 Å². The smallest absolute Gasteiger partial charge is 0.179 e. The molecule has 0 saturated carbocycles. The fraction of sp³-hybridized carbons (Fsp3) is 0.167. The molecule has 0 aliphatic heterocycles. The molecule has 1 unspecified atom stereocenters. The van der Waals surface area contributed by atoms with E-state index < -0.39 is 6.30 Å². The van der Waals surface area contributed by atoms with Crippen LogP contribution in [0.2, 0.25) is 0 Å². The minimum Gasteiger partial charge on any atom is -0.324 e. The van der Waals surface area contributed by atoms with Gasteiger partial charge < -0.3 is 4.57 Å². The fourth-order valence-corrected chi connectivity index (χ4v) is 1.45. The molecule has 14 heavy (non-hydrogen) atoms. The largest absolute Gasteiger partial charge is 0.324 e. The quantitative estimate of drug-likeness (QED) is 0.698. The normalized spacial score (nSPS) is 12.6. The molecule has 0 fully saturated rings. The van der Waals surface area contributed by atoms with E-state index in [0.29, 0.717) is 6.42 Å². The summed E-state index contributed by atoms with van der Waals surface area (Å²) in [5, 5.41) is 0. The summed E-state index contributed by atoms with van der Waals surface area (Å²) in [6.07, 6.45) is 2.95. The molecule has 2 heteroatoms. The molecular formula is C12H12FN. The van der Waals surface area contributed by atoms with Crippen LogP contribution in [0.15, 0.2) is 54.9 Å². The predicted molar refractivity (Wildman–Crippen MR) is 54.7 cm³/mol. The van der Waals surface area contributed by atoms with Crippen molar-refractivity contribution in [3.63, 3.8) is 0 Å². The highest BCUT2D eigenvalue weighted by molar-refractivity contribution is 5.15. The van der Waals surface area contributed by atoms with Crippen LogP contribution in [0.5, 0.6) is 0 Å². The first kappa shape index (κ1) is 9.00. The Morgan fingerprint density at radius 2 is 1.64 bits per heavy atom. The van der Waals surface area contributed by atoms with Crippen molar-refractivity contribution in [2.24, 2.45) is 0 Å².